The Hall–Kier alpha value is -1.22. The molecular weight excluding hydrogens is 214 g/mol. The van der Waals surface area contributed by atoms with Crippen molar-refractivity contribution in [3.8, 4) is 11.5 Å². The van der Waals surface area contributed by atoms with E-state index in [0.29, 0.717) is 6.10 Å². The summed E-state index contributed by atoms with van der Waals surface area (Å²) in [5.41, 5.74) is 6.80. The minimum absolute atomic E-state index is 0.406. The largest absolute Gasteiger partial charge is 0.493 e. The lowest BCUT2D eigenvalue weighted by molar-refractivity contribution is 0.282. The van der Waals surface area contributed by atoms with Gasteiger partial charge in [-0.3, -0.25) is 0 Å². The lowest BCUT2D eigenvalue weighted by Gasteiger charge is -2.11. The Labute approximate surface area is 103 Å². The standard InChI is InChI=1S/C14H21NO2/c1-16-13-8-5-11(4-2-3-9-15)10-14(13)17-12-6-7-12/h5,8,10,12H,2-4,6-7,9,15H2,1H3. The van der Waals surface area contributed by atoms with Crippen molar-refractivity contribution in [3.63, 3.8) is 0 Å². The maximum absolute atomic E-state index is 5.84. The Balaban J connectivity index is 2.01. The SMILES string of the molecule is COc1ccc(CCCCN)cc1OC1CC1. The molecule has 94 valence electrons. The first-order valence-corrected chi connectivity index (χ1v) is 6.37. The first-order valence-electron chi connectivity index (χ1n) is 6.37. The number of hydrogen-bond acceptors (Lipinski definition) is 3. The number of aryl methyl sites for hydroxylation is 1. The van der Waals surface area contributed by atoms with Crippen LogP contribution in [0.25, 0.3) is 0 Å². The van der Waals surface area contributed by atoms with Crippen LogP contribution in [0.15, 0.2) is 18.2 Å². The topological polar surface area (TPSA) is 44.5 Å². The molecule has 0 atom stereocenters. The molecule has 1 saturated carbocycles. The molecule has 0 aliphatic heterocycles. The van der Waals surface area contributed by atoms with Crippen LogP contribution in [0.3, 0.4) is 0 Å². The molecular formula is C14H21NO2. The second kappa shape index (κ2) is 5.92. The highest BCUT2D eigenvalue weighted by molar-refractivity contribution is 5.43. The highest BCUT2D eigenvalue weighted by atomic mass is 16.5. The number of ether oxygens (including phenoxy) is 2. The highest BCUT2D eigenvalue weighted by Crippen LogP contribution is 2.34. The monoisotopic (exact) mass is 235 g/mol. The second-order valence-electron chi connectivity index (χ2n) is 4.55. The molecule has 3 heteroatoms. The summed E-state index contributed by atoms with van der Waals surface area (Å²) < 4.78 is 11.2. The molecule has 3 nitrogen and oxygen atoms in total. The quantitative estimate of drug-likeness (QED) is 0.739. The molecule has 1 aliphatic carbocycles. The third-order valence-corrected chi connectivity index (χ3v) is 2.97. The van der Waals surface area contributed by atoms with Crippen molar-refractivity contribution in [2.45, 2.75) is 38.2 Å². The summed E-state index contributed by atoms with van der Waals surface area (Å²) in [4.78, 5) is 0. The zero-order valence-electron chi connectivity index (χ0n) is 10.4. The Morgan fingerprint density at radius 2 is 2.06 bits per heavy atom. The molecule has 0 unspecified atom stereocenters. The number of benzene rings is 1. The Kier molecular flexibility index (Phi) is 4.26. The summed E-state index contributed by atoms with van der Waals surface area (Å²) in [5, 5.41) is 0. The van der Waals surface area contributed by atoms with Gasteiger partial charge in [-0.25, -0.2) is 0 Å². The van der Waals surface area contributed by atoms with Gasteiger partial charge < -0.3 is 15.2 Å². The van der Waals surface area contributed by atoms with Crippen molar-refractivity contribution in [1.29, 1.82) is 0 Å². The number of rotatable bonds is 7. The van der Waals surface area contributed by atoms with Gasteiger partial charge in [0, 0.05) is 0 Å². The van der Waals surface area contributed by atoms with Gasteiger partial charge in [0.15, 0.2) is 11.5 Å². The summed E-state index contributed by atoms with van der Waals surface area (Å²) in [5.74, 6) is 1.72. The van der Waals surface area contributed by atoms with Crippen molar-refractivity contribution >= 4 is 0 Å². The average Bonchev–Trinajstić information content (AvgIpc) is 3.14. The summed E-state index contributed by atoms with van der Waals surface area (Å²) in [7, 11) is 1.68. The molecule has 17 heavy (non-hydrogen) atoms. The van der Waals surface area contributed by atoms with Crippen LogP contribution >= 0.6 is 0 Å². The summed E-state index contributed by atoms with van der Waals surface area (Å²) in [6.07, 6.45) is 6.00. The molecule has 1 aromatic rings. The molecule has 1 aromatic carbocycles. The number of methoxy groups -OCH3 is 1. The maximum Gasteiger partial charge on any atom is 0.161 e. The first kappa shape index (κ1) is 12.2. The first-order chi connectivity index (χ1) is 8.33. The predicted molar refractivity (Wildman–Crippen MR) is 68.6 cm³/mol. The van der Waals surface area contributed by atoms with E-state index in [1.54, 1.807) is 7.11 Å². The summed E-state index contributed by atoms with van der Waals surface area (Å²) >= 11 is 0. The lowest BCUT2D eigenvalue weighted by Crippen LogP contribution is -2.01. The Morgan fingerprint density at radius 1 is 1.24 bits per heavy atom. The molecule has 0 aromatic heterocycles. The van der Waals surface area contributed by atoms with Crippen LogP contribution < -0.4 is 15.2 Å². The van der Waals surface area contributed by atoms with E-state index in [2.05, 4.69) is 12.1 Å². The van der Waals surface area contributed by atoms with Crippen LogP contribution in [-0.4, -0.2) is 19.8 Å². The third kappa shape index (κ3) is 3.63. The highest BCUT2D eigenvalue weighted by Gasteiger charge is 2.24. The van der Waals surface area contributed by atoms with Gasteiger partial charge in [0.25, 0.3) is 0 Å². The van der Waals surface area contributed by atoms with Crippen LogP contribution in [0.5, 0.6) is 11.5 Å². The third-order valence-electron chi connectivity index (χ3n) is 2.97. The molecule has 0 spiro atoms. The minimum Gasteiger partial charge on any atom is -0.493 e. The smallest absolute Gasteiger partial charge is 0.161 e. The van der Waals surface area contributed by atoms with Gasteiger partial charge >= 0.3 is 0 Å². The normalized spacial score (nSPS) is 14.7. The van der Waals surface area contributed by atoms with Crippen molar-refractivity contribution < 1.29 is 9.47 Å². The van der Waals surface area contributed by atoms with Gasteiger partial charge in [-0.15, -0.1) is 0 Å². The molecule has 0 heterocycles. The van der Waals surface area contributed by atoms with E-state index in [1.807, 2.05) is 6.07 Å². The lowest BCUT2D eigenvalue weighted by atomic mass is 10.1. The number of nitrogens with two attached hydrogens (primary N) is 1. The van der Waals surface area contributed by atoms with Crippen molar-refractivity contribution in [1.82, 2.24) is 0 Å². The van der Waals surface area contributed by atoms with E-state index in [1.165, 1.54) is 18.4 Å². The molecule has 2 rings (SSSR count). The fraction of sp³-hybridized carbons (Fsp3) is 0.571. The fourth-order valence-corrected chi connectivity index (χ4v) is 1.81. The van der Waals surface area contributed by atoms with Gasteiger partial charge in [-0.05, 0) is 56.3 Å². The van der Waals surface area contributed by atoms with E-state index in [4.69, 9.17) is 15.2 Å². The second-order valence-corrected chi connectivity index (χ2v) is 4.55. The molecule has 0 bridgehead atoms. The van der Waals surface area contributed by atoms with E-state index < -0.39 is 0 Å². The molecule has 0 amide bonds. The minimum atomic E-state index is 0.406. The number of unbranched alkanes of at least 4 members (excludes halogenated alkanes) is 1. The van der Waals surface area contributed by atoms with Gasteiger partial charge in [-0.2, -0.15) is 0 Å². The summed E-state index contributed by atoms with van der Waals surface area (Å²) in [6, 6.07) is 6.21. The van der Waals surface area contributed by atoms with Crippen LogP contribution in [0.2, 0.25) is 0 Å². The van der Waals surface area contributed by atoms with Crippen molar-refractivity contribution in [2.75, 3.05) is 13.7 Å². The van der Waals surface area contributed by atoms with Crippen LogP contribution in [0.4, 0.5) is 0 Å². The Bertz CT molecular complexity index is 361. The maximum atomic E-state index is 5.84. The van der Waals surface area contributed by atoms with Gasteiger partial charge in [0.05, 0.1) is 13.2 Å². The molecule has 0 radical (unpaired) electrons. The van der Waals surface area contributed by atoms with Crippen molar-refractivity contribution in [3.05, 3.63) is 23.8 Å². The Morgan fingerprint density at radius 3 is 2.71 bits per heavy atom. The zero-order chi connectivity index (χ0) is 12.1. The van der Waals surface area contributed by atoms with E-state index in [0.717, 1.165) is 37.3 Å². The molecule has 0 saturated heterocycles. The van der Waals surface area contributed by atoms with E-state index in [9.17, 15) is 0 Å². The van der Waals surface area contributed by atoms with E-state index in [-0.39, 0.29) is 0 Å². The van der Waals surface area contributed by atoms with Crippen LogP contribution in [0, 0.1) is 0 Å². The average molecular weight is 235 g/mol. The molecule has 1 aliphatic rings. The summed E-state index contributed by atoms with van der Waals surface area (Å²) in [6.45, 7) is 0.765. The predicted octanol–water partition coefficient (Wildman–Crippen LogP) is 2.52. The van der Waals surface area contributed by atoms with Gasteiger partial charge in [-0.1, -0.05) is 6.07 Å². The van der Waals surface area contributed by atoms with Gasteiger partial charge in [0.2, 0.25) is 0 Å². The fourth-order valence-electron chi connectivity index (χ4n) is 1.81. The van der Waals surface area contributed by atoms with Crippen molar-refractivity contribution in [2.24, 2.45) is 5.73 Å². The van der Waals surface area contributed by atoms with Crippen LogP contribution in [-0.2, 0) is 6.42 Å². The van der Waals surface area contributed by atoms with Gasteiger partial charge in [0.1, 0.15) is 0 Å². The zero-order valence-corrected chi connectivity index (χ0v) is 10.4. The van der Waals surface area contributed by atoms with E-state index >= 15 is 0 Å². The molecule has 1 fully saturated rings. The number of hydrogen-bond donors (Lipinski definition) is 1. The van der Waals surface area contributed by atoms with Crippen LogP contribution in [0.1, 0.15) is 31.2 Å². The molecule has 2 N–H and O–H groups in total.